The quantitative estimate of drug-likeness (QED) is 0.646. The highest BCUT2D eigenvalue weighted by Gasteiger charge is 2.40. The molecule has 0 saturated heterocycles. The Morgan fingerprint density at radius 3 is 2.48 bits per heavy atom. The topological polar surface area (TPSA) is 63.6 Å². The Morgan fingerprint density at radius 1 is 1.00 bits per heavy atom. The van der Waals surface area contributed by atoms with Gasteiger partial charge in [-0.2, -0.15) is 0 Å². The first kappa shape index (κ1) is 14.0. The minimum absolute atomic E-state index is 0.0782. The number of nitrogens with zero attached hydrogens (tertiary/aromatic N) is 1. The van der Waals surface area contributed by atoms with Gasteiger partial charge in [-0.05, 0) is 12.1 Å². The van der Waals surface area contributed by atoms with E-state index in [1.54, 1.807) is 18.2 Å². The fraction of sp³-hybridized carbons (Fsp3) is 0.222. The summed E-state index contributed by atoms with van der Waals surface area (Å²) in [5, 5.41) is 9.98. The van der Waals surface area contributed by atoms with E-state index in [4.69, 9.17) is 4.74 Å². The molecule has 2 aliphatic rings. The summed E-state index contributed by atoms with van der Waals surface area (Å²) in [7, 11) is 4.09. The maximum atomic E-state index is 12.9. The van der Waals surface area contributed by atoms with Crippen LogP contribution < -0.4 is 9.22 Å². The number of hydrogen-bond acceptors (Lipinski definition) is 4. The average molecular weight is 310 g/mol. The number of benzene rings is 2. The van der Waals surface area contributed by atoms with Gasteiger partial charge in [0, 0.05) is 17.2 Å². The van der Waals surface area contributed by atoms with Gasteiger partial charge < -0.3 is 9.84 Å². The molecule has 1 aliphatic carbocycles. The molecule has 1 heterocycles. The highest BCUT2D eigenvalue weighted by atomic mass is 16.5. The van der Waals surface area contributed by atoms with Crippen molar-refractivity contribution >= 4 is 17.3 Å². The van der Waals surface area contributed by atoms with Crippen LogP contribution in [0, 0.1) is 0 Å². The van der Waals surface area contributed by atoms with E-state index in [-0.39, 0.29) is 28.4 Å². The smallest absolute Gasteiger partial charge is 0.198 e. The van der Waals surface area contributed by atoms with E-state index in [0.29, 0.717) is 28.0 Å². The molecule has 1 aliphatic heterocycles. The molecular formula is C18H16NO4+. The molecule has 0 aromatic heterocycles. The summed E-state index contributed by atoms with van der Waals surface area (Å²) in [6, 6.07) is 8.06. The first-order chi connectivity index (χ1) is 10.9. The molecule has 0 amide bonds. The summed E-state index contributed by atoms with van der Waals surface area (Å²) in [6.45, 7) is 1.29. The molecule has 23 heavy (non-hydrogen) atoms. The van der Waals surface area contributed by atoms with Gasteiger partial charge in [0.2, 0.25) is 0 Å². The summed E-state index contributed by atoms with van der Waals surface area (Å²) in [5.74, 6) is -0.286. The number of fused-ring (bicyclic) bond motifs is 4. The van der Waals surface area contributed by atoms with Crippen LogP contribution in [0.1, 0.15) is 31.8 Å². The number of carbonyl (C=O) groups excluding carboxylic acids is 2. The predicted molar refractivity (Wildman–Crippen MR) is 85.4 cm³/mol. The van der Waals surface area contributed by atoms with Gasteiger partial charge in [-0.15, -0.1) is 0 Å². The summed E-state index contributed by atoms with van der Waals surface area (Å²) in [4.78, 5) is 25.7. The van der Waals surface area contributed by atoms with Crippen molar-refractivity contribution in [3.05, 3.63) is 52.6 Å². The Balaban J connectivity index is 2.03. The second-order valence-corrected chi connectivity index (χ2v) is 6.45. The minimum atomic E-state index is -0.338. The maximum absolute atomic E-state index is 12.9. The molecule has 5 heteroatoms. The van der Waals surface area contributed by atoms with Gasteiger partial charge in [-0.3, -0.25) is 14.1 Å². The lowest BCUT2D eigenvalue weighted by atomic mass is 9.82. The maximum Gasteiger partial charge on any atom is 0.198 e. The number of quaternary nitrogens is 1. The summed E-state index contributed by atoms with van der Waals surface area (Å²) < 4.78 is 6.36. The van der Waals surface area contributed by atoms with Crippen molar-refractivity contribution < 1.29 is 19.4 Å². The third kappa shape index (κ3) is 1.77. The molecule has 2 aromatic rings. The number of hydrogen-bond donors (Lipinski definition) is 1. The van der Waals surface area contributed by atoms with Crippen LogP contribution in [0.4, 0.5) is 5.69 Å². The standard InChI is InChI=1S/C18H15NO4/c1-19(2)8-9-23-18-12(19)7-6-11-15(18)17(22)10-4-3-5-13(20)14(10)16(11)21/h3-7H,8-9H2,1-2H3/p+1. The number of rotatable bonds is 0. The van der Waals surface area contributed by atoms with Crippen LogP contribution in [-0.4, -0.2) is 43.9 Å². The van der Waals surface area contributed by atoms with E-state index in [1.165, 1.54) is 6.07 Å². The van der Waals surface area contributed by atoms with Gasteiger partial charge >= 0.3 is 0 Å². The monoisotopic (exact) mass is 310 g/mol. The lowest BCUT2D eigenvalue weighted by molar-refractivity contribution is 0.0971. The van der Waals surface area contributed by atoms with Crippen molar-refractivity contribution in [1.29, 1.82) is 0 Å². The highest BCUT2D eigenvalue weighted by Crippen LogP contribution is 2.44. The molecule has 0 atom stereocenters. The Labute approximate surface area is 133 Å². The van der Waals surface area contributed by atoms with Crippen molar-refractivity contribution in [3.63, 3.8) is 0 Å². The van der Waals surface area contributed by atoms with Gasteiger partial charge in [-0.25, -0.2) is 0 Å². The number of carbonyl (C=O) groups is 2. The number of ketones is 2. The zero-order valence-corrected chi connectivity index (χ0v) is 12.9. The Bertz CT molecular complexity index is 883. The van der Waals surface area contributed by atoms with Crippen LogP contribution in [-0.2, 0) is 0 Å². The minimum Gasteiger partial charge on any atom is -0.507 e. The van der Waals surface area contributed by atoms with Gasteiger partial charge in [0.1, 0.15) is 18.9 Å². The normalized spacial score (nSPS) is 17.8. The van der Waals surface area contributed by atoms with Gasteiger partial charge in [0.25, 0.3) is 0 Å². The van der Waals surface area contributed by atoms with Crippen molar-refractivity contribution in [2.24, 2.45) is 0 Å². The number of phenolic OH excluding ortho intramolecular Hbond substituents is 1. The highest BCUT2D eigenvalue weighted by molar-refractivity contribution is 6.30. The van der Waals surface area contributed by atoms with E-state index in [2.05, 4.69) is 0 Å². The summed E-state index contributed by atoms with van der Waals surface area (Å²) >= 11 is 0. The van der Waals surface area contributed by atoms with E-state index in [1.807, 2.05) is 20.2 Å². The molecule has 0 fully saturated rings. The van der Waals surface area contributed by atoms with E-state index >= 15 is 0 Å². The van der Waals surface area contributed by atoms with E-state index in [9.17, 15) is 14.7 Å². The molecule has 2 aromatic carbocycles. The van der Waals surface area contributed by atoms with Crippen molar-refractivity contribution in [2.45, 2.75) is 0 Å². The van der Waals surface area contributed by atoms with Crippen LogP contribution >= 0.6 is 0 Å². The lowest BCUT2D eigenvalue weighted by Gasteiger charge is -2.36. The van der Waals surface area contributed by atoms with E-state index in [0.717, 1.165) is 12.2 Å². The fourth-order valence-electron chi connectivity index (χ4n) is 3.34. The molecule has 5 nitrogen and oxygen atoms in total. The van der Waals surface area contributed by atoms with Crippen LogP contribution in [0.15, 0.2) is 30.3 Å². The number of phenols is 1. The van der Waals surface area contributed by atoms with Crippen LogP contribution in [0.2, 0.25) is 0 Å². The third-order valence-corrected chi connectivity index (χ3v) is 4.67. The Hall–Kier alpha value is -2.66. The number of ether oxygens (including phenoxy) is 1. The molecule has 1 N–H and O–H groups in total. The molecule has 0 spiro atoms. The second-order valence-electron chi connectivity index (χ2n) is 6.45. The largest absolute Gasteiger partial charge is 0.507 e. The molecular weight excluding hydrogens is 294 g/mol. The molecule has 4 rings (SSSR count). The first-order valence-electron chi connectivity index (χ1n) is 7.46. The summed E-state index contributed by atoms with van der Waals surface area (Å²) in [5.41, 5.74) is 1.81. The number of likely N-dealkylation sites (N-methyl/N-ethyl adjacent to an activating group) is 1. The molecule has 0 radical (unpaired) electrons. The van der Waals surface area contributed by atoms with Crippen molar-refractivity contribution in [3.8, 4) is 11.5 Å². The zero-order valence-electron chi connectivity index (χ0n) is 12.9. The third-order valence-electron chi connectivity index (χ3n) is 4.67. The molecule has 0 bridgehead atoms. The number of aromatic hydroxyl groups is 1. The Morgan fingerprint density at radius 2 is 1.70 bits per heavy atom. The van der Waals surface area contributed by atoms with Crippen molar-refractivity contribution in [1.82, 2.24) is 4.48 Å². The fourth-order valence-corrected chi connectivity index (χ4v) is 3.34. The van der Waals surface area contributed by atoms with Crippen LogP contribution in [0.3, 0.4) is 0 Å². The summed E-state index contributed by atoms with van der Waals surface area (Å²) in [6.07, 6.45) is 0. The Kier molecular flexibility index (Phi) is 2.69. The van der Waals surface area contributed by atoms with E-state index < -0.39 is 0 Å². The molecule has 0 saturated carbocycles. The van der Waals surface area contributed by atoms with Crippen LogP contribution in [0.5, 0.6) is 11.5 Å². The van der Waals surface area contributed by atoms with Crippen LogP contribution in [0.25, 0.3) is 0 Å². The molecule has 0 unspecified atom stereocenters. The second kappa shape index (κ2) is 4.43. The molecule has 116 valence electrons. The first-order valence-corrected chi connectivity index (χ1v) is 7.46. The van der Waals surface area contributed by atoms with Gasteiger partial charge in [0.05, 0.1) is 25.2 Å². The zero-order chi connectivity index (χ0) is 16.4. The van der Waals surface area contributed by atoms with Crippen molar-refractivity contribution in [2.75, 3.05) is 27.2 Å². The van der Waals surface area contributed by atoms with Gasteiger partial charge in [-0.1, -0.05) is 12.1 Å². The average Bonchev–Trinajstić information content (AvgIpc) is 2.51. The van der Waals surface area contributed by atoms with Gasteiger partial charge in [0.15, 0.2) is 23.0 Å². The lowest BCUT2D eigenvalue weighted by Crippen LogP contribution is -2.47. The SMILES string of the molecule is C[N+]1(C)CCOc2c1ccc1c2C(=O)c2cccc(O)c2C1=O. The predicted octanol–water partition coefficient (Wildman–Crippen LogP) is 2.13.